The normalized spacial score (nSPS) is 19.2. The number of anilines is 1. The lowest BCUT2D eigenvalue weighted by Gasteiger charge is -2.42. The Balaban J connectivity index is 2.20. The van der Waals surface area contributed by atoms with Crippen molar-refractivity contribution < 1.29 is 49.0 Å². The number of amides is 1. The molecule has 0 unspecified atom stereocenters. The molecule has 0 saturated heterocycles. The van der Waals surface area contributed by atoms with Crippen molar-refractivity contribution >= 4 is 11.8 Å². The van der Waals surface area contributed by atoms with Gasteiger partial charge in [0, 0.05) is 18.0 Å². The molecule has 0 saturated carbocycles. The summed E-state index contributed by atoms with van der Waals surface area (Å²) in [6.07, 6.45) is -15.3. The molecule has 0 bridgehead atoms. The third-order valence-electron chi connectivity index (χ3n) is 6.43. The highest BCUT2D eigenvalue weighted by Gasteiger charge is 2.43. The van der Waals surface area contributed by atoms with Crippen molar-refractivity contribution in [2.45, 2.75) is 69.6 Å². The van der Waals surface area contributed by atoms with Crippen molar-refractivity contribution in [3.05, 3.63) is 64.2 Å². The second kappa shape index (κ2) is 10.7. The number of alkyl halides is 9. The lowest BCUT2D eigenvalue weighted by molar-refractivity contribution is -0.143. The first-order valence-corrected chi connectivity index (χ1v) is 11.7. The van der Waals surface area contributed by atoms with Crippen LogP contribution in [0.4, 0.5) is 50.0 Å². The quantitative estimate of drug-likeness (QED) is 0.379. The lowest BCUT2D eigenvalue weighted by atomic mass is 9.77. The number of carbonyl (C=O) groups excluding carboxylic acids is 1. The van der Waals surface area contributed by atoms with Crippen LogP contribution in [0.15, 0.2) is 36.4 Å². The molecule has 2 aromatic carbocycles. The minimum Gasteiger partial charge on any atom is -0.449 e. The van der Waals surface area contributed by atoms with Gasteiger partial charge in [-0.1, -0.05) is 13.8 Å². The zero-order valence-corrected chi connectivity index (χ0v) is 20.3. The molecule has 38 heavy (non-hydrogen) atoms. The van der Waals surface area contributed by atoms with Gasteiger partial charge >= 0.3 is 24.6 Å². The van der Waals surface area contributed by atoms with Crippen LogP contribution in [0.25, 0.3) is 0 Å². The molecule has 2 aromatic rings. The number of benzene rings is 2. The molecule has 1 heterocycles. The van der Waals surface area contributed by atoms with Crippen LogP contribution in [0.5, 0.6) is 0 Å². The summed E-state index contributed by atoms with van der Waals surface area (Å²) in [5.74, 6) is -1.14. The van der Waals surface area contributed by atoms with E-state index in [-0.39, 0.29) is 36.8 Å². The number of nitrogens with zero attached hydrogens (tertiary/aromatic N) is 1. The number of rotatable bonds is 5. The van der Waals surface area contributed by atoms with Gasteiger partial charge in [-0.2, -0.15) is 39.5 Å². The highest BCUT2D eigenvalue weighted by atomic mass is 19.4. The molecule has 0 aromatic heterocycles. The van der Waals surface area contributed by atoms with Gasteiger partial charge in [0.1, 0.15) is 0 Å². The third-order valence-corrected chi connectivity index (χ3v) is 6.43. The summed E-state index contributed by atoms with van der Waals surface area (Å²) >= 11 is 0. The number of nitrogens with two attached hydrogens (primary N) is 1. The van der Waals surface area contributed by atoms with Crippen LogP contribution >= 0.6 is 0 Å². The summed E-state index contributed by atoms with van der Waals surface area (Å²) in [4.78, 5) is 14.0. The summed E-state index contributed by atoms with van der Waals surface area (Å²) in [6.45, 7) is 3.45. The fourth-order valence-corrected chi connectivity index (χ4v) is 4.57. The summed E-state index contributed by atoms with van der Waals surface area (Å²) < 4.78 is 126. The molecule has 1 amide bonds. The van der Waals surface area contributed by atoms with Crippen LogP contribution < -0.4 is 10.6 Å². The fourth-order valence-electron chi connectivity index (χ4n) is 4.57. The second-order valence-corrected chi connectivity index (χ2v) is 9.02. The van der Waals surface area contributed by atoms with Crippen molar-refractivity contribution in [1.82, 2.24) is 0 Å². The largest absolute Gasteiger partial charge is 0.449 e. The predicted octanol–water partition coefficient (Wildman–Crippen LogP) is 8.06. The highest BCUT2D eigenvalue weighted by molar-refractivity contribution is 5.90. The van der Waals surface area contributed by atoms with E-state index in [1.807, 2.05) is 0 Å². The van der Waals surface area contributed by atoms with Gasteiger partial charge in [0.05, 0.1) is 29.0 Å². The van der Waals surface area contributed by atoms with E-state index >= 15 is 0 Å². The SMILES string of the molecule is CCCOC(=O)N1c2ccc(C(F)(F)F)cc2[C@H]([C@@H](N)c2cc(C(F)(F)F)cc(C(F)(F)F)c2)C[C@H]1CC. The Morgan fingerprint density at radius 3 is 1.95 bits per heavy atom. The average Bonchev–Trinajstić information content (AvgIpc) is 2.83. The highest BCUT2D eigenvalue weighted by Crippen LogP contribution is 2.48. The van der Waals surface area contributed by atoms with Gasteiger partial charge in [-0.3, -0.25) is 4.90 Å². The molecule has 0 fully saturated rings. The maximum absolute atomic E-state index is 13.6. The lowest BCUT2D eigenvalue weighted by Crippen LogP contribution is -2.46. The van der Waals surface area contributed by atoms with Gasteiger partial charge < -0.3 is 10.5 Å². The third kappa shape index (κ3) is 6.19. The number of hydrogen-bond acceptors (Lipinski definition) is 3. The van der Waals surface area contributed by atoms with Gasteiger partial charge in [0.25, 0.3) is 0 Å². The first kappa shape index (κ1) is 29.6. The van der Waals surface area contributed by atoms with Gasteiger partial charge in [-0.15, -0.1) is 0 Å². The standard InChI is InChI=1S/C25H25F9N2O2/c1-3-7-38-22(37)36-17(4-2)12-19(18-11-14(23(26,27)28)5-6-20(18)36)21(35)13-8-15(24(29,30)31)10-16(9-13)25(32,33)34/h5-6,8-11,17,19,21H,3-4,7,12,35H2,1-2H3/t17-,19-,21+/m1/s1. The van der Waals surface area contributed by atoms with E-state index in [1.54, 1.807) is 13.8 Å². The minimum absolute atomic E-state index is 0.000624. The fraction of sp³-hybridized carbons (Fsp3) is 0.480. The Labute approximate surface area is 212 Å². The zero-order valence-electron chi connectivity index (χ0n) is 20.3. The summed E-state index contributed by atoms with van der Waals surface area (Å²) in [7, 11) is 0. The molecule has 4 nitrogen and oxygen atoms in total. The van der Waals surface area contributed by atoms with Gasteiger partial charge in [-0.05, 0) is 66.8 Å². The Bertz CT molecular complexity index is 1130. The molecule has 13 heteroatoms. The van der Waals surface area contributed by atoms with E-state index in [1.165, 1.54) is 4.90 Å². The molecule has 0 radical (unpaired) electrons. The van der Waals surface area contributed by atoms with E-state index in [2.05, 4.69) is 0 Å². The molecule has 2 N–H and O–H groups in total. The number of halogens is 9. The molecule has 3 atom stereocenters. The zero-order chi connectivity index (χ0) is 28.6. The Morgan fingerprint density at radius 1 is 0.921 bits per heavy atom. The Hall–Kier alpha value is -2.96. The molecule has 1 aliphatic heterocycles. The van der Waals surface area contributed by atoms with E-state index in [4.69, 9.17) is 10.5 Å². The van der Waals surface area contributed by atoms with Crippen LogP contribution in [-0.2, 0) is 23.3 Å². The maximum atomic E-state index is 13.6. The van der Waals surface area contributed by atoms with E-state index in [0.717, 1.165) is 18.2 Å². The van der Waals surface area contributed by atoms with E-state index < -0.39 is 64.9 Å². The van der Waals surface area contributed by atoms with Crippen molar-refractivity contribution in [2.24, 2.45) is 5.73 Å². The van der Waals surface area contributed by atoms with Crippen LogP contribution in [0, 0.1) is 0 Å². The van der Waals surface area contributed by atoms with Crippen molar-refractivity contribution in [3.63, 3.8) is 0 Å². The van der Waals surface area contributed by atoms with Crippen molar-refractivity contribution in [3.8, 4) is 0 Å². The molecule has 3 rings (SSSR count). The number of hydrogen-bond donors (Lipinski definition) is 1. The monoisotopic (exact) mass is 556 g/mol. The smallest absolute Gasteiger partial charge is 0.416 e. The van der Waals surface area contributed by atoms with Gasteiger partial charge in [0.15, 0.2) is 0 Å². The summed E-state index contributed by atoms with van der Waals surface area (Å²) in [5, 5.41) is 0. The van der Waals surface area contributed by atoms with Gasteiger partial charge in [0.2, 0.25) is 0 Å². The van der Waals surface area contributed by atoms with Gasteiger partial charge in [-0.25, -0.2) is 4.79 Å². The number of ether oxygens (including phenoxy) is 1. The van der Waals surface area contributed by atoms with Crippen LogP contribution in [0.1, 0.15) is 72.9 Å². The van der Waals surface area contributed by atoms with Crippen LogP contribution in [-0.4, -0.2) is 18.7 Å². The van der Waals surface area contributed by atoms with Crippen LogP contribution in [0.2, 0.25) is 0 Å². The predicted molar refractivity (Wildman–Crippen MR) is 120 cm³/mol. The first-order valence-electron chi connectivity index (χ1n) is 11.7. The molecule has 0 aliphatic carbocycles. The molecule has 0 spiro atoms. The first-order chi connectivity index (χ1) is 17.5. The Kier molecular flexibility index (Phi) is 8.30. The maximum Gasteiger partial charge on any atom is 0.416 e. The van der Waals surface area contributed by atoms with Crippen molar-refractivity contribution in [2.75, 3.05) is 11.5 Å². The molecular formula is C25H25F9N2O2. The molecule has 1 aliphatic rings. The average molecular weight is 556 g/mol. The number of fused-ring (bicyclic) bond motifs is 1. The summed E-state index contributed by atoms with van der Waals surface area (Å²) in [5.41, 5.74) is 1.28. The molecule has 210 valence electrons. The summed E-state index contributed by atoms with van der Waals surface area (Å²) in [6, 6.07) is 1.16. The number of carbonyl (C=O) groups is 1. The van der Waals surface area contributed by atoms with E-state index in [9.17, 15) is 44.3 Å². The van der Waals surface area contributed by atoms with Crippen molar-refractivity contribution in [1.29, 1.82) is 0 Å². The van der Waals surface area contributed by atoms with E-state index in [0.29, 0.717) is 18.6 Å². The Morgan fingerprint density at radius 2 is 1.47 bits per heavy atom. The second-order valence-electron chi connectivity index (χ2n) is 9.02. The van der Waals surface area contributed by atoms with Crippen LogP contribution in [0.3, 0.4) is 0 Å². The topological polar surface area (TPSA) is 55.6 Å². The minimum atomic E-state index is -5.13. The molecular weight excluding hydrogens is 531 g/mol.